The Hall–Kier alpha value is -2.04. The number of carbonyl (C=O) groups is 1. The van der Waals surface area contributed by atoms with E-state index in [2.05, 4.69) is 15.4 Å². The summed E-state index contributed by atoms with van der Waals surface area (Å²) in [6, 6.07) is 6.91. The highest BCUT2D eigenvalue weighted by Crippen LogP contribution is 2.04. The van der Waals surface area contributed by atoms with Gasteiger partial charge in [-0.05, 0) is 29.5 Å². The first-order valence-electron chi connectivity index (χ1n) is 3.69. The zero-order valence-electron chi connectivity index (χ0n) is 6.66. The van der Waals surface area contributed by atoms with Gasteiger partial charge in [0, 0.05) is 5.56 Å². The van der Waals surface area contributed by atoms with E-state index in [1.54, 1.807) is 24.3 Å². The molecule has 0 unspecified atom stereocenters. The van der Waals surface area contributed by atoms with E-state index >= 15 is 0 Å². The van der Waals surface area contributed by atoms with Crippen LogP contribution in [0.3, 0.4) is 0 Å². The monoisotopic (exact) mass is 174 g/mol. The van der Waals surface area contributed by atoms with Gasteiger partial charge in [0.1, 0.15) is 6.29 Å². The first kappa shape index (κ1) is 7.60. The fraction of sp³-hybridized carbons (Fsp3) is 0. The number of tetrazole rings is 1. The third-order valence-electron chi connectivity index (χ3n) is 1.61. The van der Waals surface area contributed by atoms with E-state index in [0.29, 0.717) is 5.56 Å². The van der Waals surface area contributed by atoms with E-state index in [4.69, 9.17) is 0 Å². The largest absolute Gasteiger partial charge is 0.298 e. The van der Waals surface area contributed by atoms with Crippen molar-refractivity contribution in [1.82, 2.24) is 20.2 Å². The van der Waals surface area contributed by atoms with Crippen molar-refractivity contribution in [2.45, 2.75) is 0 Å². The molecular formula is C8H6N4O. The third kappa shape index (κ3) is 1.44. The summed E-state index contributed by atoms with van der Waals surface area (Å²) >= 11 is 0. The van der Waals surface area contributed by atoms with Gasteiger partial charge in [-0.15, -0.1) is 15.0 Å². The molecule has 0 spiro atoms. The summed E-state index contributed by atoms with van der Waals surface area (Å²) in [6.45, 7) is 0. The number of rotatable bonds is 2. The van der Waals surface area contributed by atoms with Gasteiger partial charge in [-0.2, -0.15) is 0 Å². The second-order valence-corrected chi connectivity index (χ2v) is 2.43. The van der Waals surface area contributed by atoms with E-state index in [0.717, 1.165) is 12.0 Å². The Bertz CT molecular complexity index is 393. The van der Waals surface area contributed by atoms with Crippen LogP contribution in [0.25, 0.3) is 5.69 Å². The third-order valence-corrected chi connectivity index (χ3v) is 1.61. The van der Waals surface area contributed by atoms with Gasteiger partial charge < -0.3 is 0 Å². The van der Waals surface area contributed by atoms with Gasteiger partial charge >= 0.3 is 0 Å². The Labute approximate surface area is 74.0 Å². The summed E-state index contributed by atoms with van der Waals surface area (Å²) < 4.78 is 0. The smallest absolute Gasteiger partial charge is 0.162 e. The van der Waals surface area contributed by atoms with Gasteiger partial charge in [-0.25, -0.2) is 0 Å². The lowest BCUT2D eigenvalue weighted by molar-refractivity contribution is 0.112. The molecule has 64 valence electrons. The molecule has 1 aromatic carbocycles. The molecular weight excluding hydrogens is 168 g/mol. The lowest BCUT2D eigenvalue weighted by atomic mass is 10.2. The van der Waals surface area contributed by atoms with Gasteiger partial charge in [0.25, 0.3) is 0 Å². The number of nitrogens with zero attached hydrogens (tertiary/aromatic N) is 4. The highest BCUT2D eigenvalue weighted by molar-refractivity contribution is 5.74. The molecule has 2 aromatic rings. The number of aldehydes is 1. The molecule has 0 fully saturated rings. The van der Waals surface area contributed by atoms with Gasteiger partial charge in [0.2, 0.25) is 0 Å². The maximum absolute atomic E-state index is 10.4. The van der Waals surface area contributed by atoms with Crippen molar-refractivity contribution >= 4 is 6.29 Å². The van der Waals surface area contributed by atoms with Crippen LogP contribution in [0, 0.1) is 0 Å². The maximum Gasteiger partial charge on any atom is 0.162 e. The molecule has 5 heteroatoms. The standard InChI is InChI=1S/C8H6N4O/c13-5-7-1-3-8(4-2-7)12-10-6-9-11-12/h1-6H. The summed E-state index contributed by atoms with van der Waals surface area (Å²) in [4.78, 5) is 11.7. The normalized spacial score (nSPS) is 9.85. The molecule has 2 rings (SSSR count). The van der Waals surface area contributed by atoms with Gasteiger partial charge in [-0.3, -0.25) is 4.79 Å². The number of hydrogen-bond donors (Lipinski definition) is 0. The molecule has 0 amide bonds. The van der Waals surface area contributed by atoms with E-state index in [1.165, 1.54) is 11.1 Å². The fourth-order valence-electron chi connectivity index (χ4n) is 0.972. The molecule has 5 nitrogen and oxygen atoms in total. The van der Waals surface area contributed by atoms with Crippen LogP contribution in [0.15, 0.2) is 30.6 Å². The summed E-state index contributed by atoms with van der Waals surface area (Å²) in [6.07, 6.45) is 2.15. The van der Waals surface area contributed by atoms with Crippen LogP contribution >= 0.6 is 0 Å². The SMILES string of the molecule is O=Cc1ccc(-n2ncnn2)cc1. The molecule has 0 saturated carbocycles. The predicted octanol–water partition coefficient (Wildman–Crippen LogP) is 0.475. The molecule has 0 atom stereocenters. The van der Waals surface area contributed by atoms with Crippen LogP contribution in [0.2, 0.25) is 0 Å². The van der Waals surface area contributed by atoms with Crippen molar-refractivity contribution in [2.75, 3.05) is 0 Å². The molecule has 0 aliphatic rings. The highest BCUT2D eigenvalue weighted by atomic mass is 16.1. The quantitative estimate of drug-likeness (QED) is 0.621. The molecule has 0 aliphatic carbocycles. The predicted molar refractivity (Wildman–Crippen MR) is 44.5 cm³/mol. The van der Waals surface area contributed by atoms with Crippen LogP contribution in [-0.2, 0) is 0 Å². The second kappa shape index (κ2) is 3.14. The van der Waals surface area contributed by atoms with E-state index < -0.39 is 0 Å². The summed E-state index contributed by atoms with van der Waals surface area (Å²) in [7, 11) is 0. The maximum atomic E-state index is 10.4. The summed E-state index contributed by atoms with van der Waals surface area (Å²) in [5, 5.41) is 11.1. The van der Waals surface area contributed by atoms with Gasteiger partial charge in [-0.1, -0.05) is 0 Å². The van der Waals surface area contributed by atoms with Gasteiger partial charge in [0.15, 0.2) is 6.33 Å². The summed E-state index contributed by atoms with van der Waals surface area (Å²) in [5.74, 6) is 0. The van der Waals surface area contributed by atoms with Crippen molar-refractivity contribution in [1.29, 1.82) is 0 Å². The van der Waals surface area contributed by atoms with Crippen LogP contribution in [0.4, 0.5) is 0 Å². The van der Waals surface area contributed by atoms with Crippen LogP contribution in [0.5, 0.6) is 0 Å². The minimum Gasteiger partial charge on any atom is -0.298 e. The van der Waals surface area contributed by atoms with Crippen molar-refractivity contribution in [2.24, 2.45) is 0 Å². The number of hydrogen-bond acceptors (Lipinski definition) is 4. The minimum absolute atomic E-state index is 0.629. The zero-order valence-corrected chi connectivity index (χ0v) is 6.66. The van der Waals surface area contributed by atoms with E-state index in [1.807, 2.05) is 0 Å². The Kier molecular flexibility index (Phi) is 1.84. The van der Waals surface area contributed by atoms with Crippen molar-refractivity contribution in [3.8, 4) is 5.69 Å². The fourth-order valence-corrected chi connectivity index (χ4v) is 0.972. The number of aromatic nitrogens is 4. The molecule has 0 saturated heterocycles. The van der Waals surface area contributed by atoms with Crippen LogP contribution in [-0.4, -0.2) is 26.5 Å². The van der Waals surface area contributed by atoms with Crippen molar-refractivity contribution < 1.29 is 4.79 Å². The number of carbonyl (C=O) groups excluding carboxylic acids is 1. The average molecular weight is 174 g/mol. The molecule has 1 heterocycles. The lowest BCUT2D eigenvalue weighted by Crippen LogP contribution is -1.98. The van der Waals surface area contributed by atoms with Gasteiger partial charge in [0.05, 0.1) is 5.69 Å². The molecule has 0 N–H and O–H groups in total. The molecule has 0 aliphatic heterocycles. The van der Waals surface area contributed by atoms with E-state index in [-0.39, 0.29) is 0 Å². The highest BCUT2D eigenvalue weighted by Gasteiger charge is 1.97. The van der Waals surface area contributed by atoms with Crippen molar-refractivity contribution in [3.63, 3.8) is 0 Å². The Morgan fingerprint density at radius 2 is 2.00 bits per heavy atom. The minimum atomic E-state index is 0.629. The van der Waals surface area contributed by atoms with E-state index in [9.17, 15) is 4.79 Å². The second-order valence-electron chi connectivity index (χ2n) is 2.43. The van der Waals surface area contributed by atoms with Crippen LogP contribution < -0.4 is 0 Å². The molecule has 0 radical (unpaired) electrons. The molecule has 13 heavy (non-hydrogen) atoms. The average Bonchev–Trinajstić information content (AvgIpc) is 2.71. The summed E-state index contributed by atoms with van der Waals surface area (Å²) in [5.41, 5.74) is 1.41. The Morgan fingerprint density at radius 3 is 2.54 bits per heavy atom. The van der Waals surface area contributed by atoms with Crippen molar-refractivity contribution in [3.05, 3.63) is 36.2 Å². The first-order valence-corrected chi connectivity index (χ1v) is 3.69. The zero-order chi connectivity index (χ0) is 9.10. The topological polar surface area (TPSA) is 60.7 Å². The first-order chi connectivity index (χ1) is 6.40. The molecule has 0 bridgehead atoms. The molecule has 1 aromatic heterocycles. The Morgan fingerprint density at radius 1 is 1.23 bits per heavy atom. The number of benzene rings is 1. The lowest BCUT2D eigenvalue weighted by Gasteiger charge is -1.96. The Balaban J connectivity index is 2.38. The van der Waals surface area contributed by atoms with Crippen LogP contribution in [0.1, 0.15) is 10.4 Å².